The van der Waals surface area contributed by atoms with E-state index in [1.807, 2.05) is 13.1 Å². The maximum Gasteiger partial charge on any atom is 0.108 e. The Morgan fingerprint density at radius 2 is 1.65 bits per heavy atom. The molecule has 3 N–H and O–H groups in total. The van der Waals surface area contributed by atoms with Crippen LogP contribution >= 0.6 is 31.9 Å². The summed E-state index contributed by atoms with van der Waals surface area (Å²) in [5, 5.41) is 3.11. The number of hydrogen-bond donors (Lipinski definition) is 2. The largest absolute Gasteiger partial charge is 0.398 e. The van der Waals surface area contributed by atoms with Gasteiger partial charge in [0.1, 0.15) is 9.21 Å². The molecule has 0 aliphatic rings. The van der Waals surface area contributed by atoms with Gasteiger partial charge in [0, 0.05) is 41.9 Å². The SMILES string of the molecule is CNc1cc(Br)ncc1-c1cnc(Br)cc1N. The molecule has 0 aliphatic carbocycles. The number of halogens is 2. The molecular formula is C11H10Br2N4. The van der Waals surface area contributed by atoms with E-state index in [0.29, 0.717) is 5.69 Å². The van der Waals surface area contributed by atoms with Gasteiger partial charge >= 0.3 is 0 Å². The van der Waals surface area contributed by atoms with Crippen molar-refractivity contribution in [1.29, 1.82) is 0 Å². The zero-order valence-corrected chi connectivity index (χ0v) is 12.2. The number of nitrogens with zero attached hydrogens (tertiary/aromatic N) is 2. The molecule has 17 heavy (non-hydrogen) atoms. The van der Waals surface area contributed by atoms with Gasteiger partial charge in [-0.05, 0) is 44.0 Å². The first-order valence-corrected chi connectivity index (χ1v) is 6.45. The zero-order chi connectivity index (χ0) is 12.4. The van der Waals surface area contributed by atoms with E-state index in [-0.39, 0.29) is 0 Å². The molecule has 2 aromatic heterocycles. The first-order valence-electron chi connectivity index (χ1n) is 4.86. The number of nitrogen functional groups attached to an aromatic ring is 1. The Labute approximate surface area is 116 Å². The molecule has 2 rings (SSSR count). The standard InChI is InChI=1S/C11H10Br2N4/c1-15-9-3-11(13)17-5-7(9)6-4-16-10(12)2-8(6)14/h2-5H,1H3,(H2,14,16)(H,15,17). The summed E-state index contributed by atoms with van der Waals surface area (Å²) < 4.78 is 1.49. The second kappa shape index (κ2) is 5.01. The average molecular weight is 358 g/mol. The number of aromatic nitrogens is 2. The Bertz CT molecular complexity index is 557. The lowest BCUT2D eigenvalue weighted by Gasteiger charge is -2.11. The number of rotatable bonds is 2. The van der Waals surface area contributed by atoms with Crippen LogP contribution in [0, 0.1) is 0 Å². The van der Waals surface area contributed by atoms with Gasteiger partial charge in [0.2, 0.25) is 0 Å². The van der Waals surface area contributed by atoms with Crippen molar-refractivity contribution < 1.29 is 0 Å². The normalized spacial score (nSPS) is 10.3. The van der Waals surface area contributed by atoms with Gasteiger partial charge in [-0.15, -0.1) is 0 Å². The number of hydrogen-bond acceptors (Lipinski definition) is 4. The molecule has 0 bridgehead atoms. The van der Waals surface area contributed by atoms with E-state index in [4.69, 9.17) is 5.73 Å². The van der Waals surface area contributed by atoms with Crippen LogP contribution in [0.2, 0.25) is 0 Å². The Kier molecular flexibility index (Phi) is 3.63. The van der Waals surface area contributed by atoms with Crippen molar-refractivity contribution in [2.45, 2.75) is 0 Å². The lowest BCUT2D eigenvalue weighted by Crippen LogP contribution is -1.97. The zero-order valence-electron chi connectivity index (χ0n) is 9.04. The Balaban J connectivity index is 2.60. The number of nitrogens with one attached hydrogen (secondary N) is 1. The van der Waals surface area contributed by atoms with Crippen molar-refractivity contribution in [3.8, 4) is 11.1 Å². The molecule has 2 heterocycles. The van der Waals surface area contributed by atoms with Crippen LogP contribution in [-0.2, 0) is 0 Å². The Morgan fingerprint density at radius 3 is 2.24 bits per heavy atom. The Hall–Kier alpha value is -1.14. The van der Waals surface area contributed by atoms with Crippen molar-refractivity contribution in [1.82, 2.24) is 9.97 Å². The van der Waals surface area contributed by atoms with Crippen LogP contribution < -0.4 is 11.1 Å². The van der Waals surface area contributed by atoms with E-state index in [9.17, 15) is 0 Å². The molecule has 0 aliphatic heterocycles. The quantitative estimate of drug-likeness (QED) is 0.809. The van der Waals surface area contributed by atoms with E-state index in [1.54, 1.807) is 18.5 Å². The molecule has 0 saturated heterocycles. The molecule has 0 radical (unpaired) electrons. The summed E-state index contributed by atoms with van der Waals surface area (Å²) in [5.41, 5.74) is 9.37. The molecule has 6 heteroatoms. The van der Waals surface area contributed by atoms with E-state index in [0.717, 1.165) is 26.0 Å². The summed E-state index contributed by atoms with van der Waals surface area (Å²) >= 11 is 6.62. The predicted octanol–water partition coefficient (Wildman–Crippen LogP) is 3.29. The first kappa shape index (κ1) is 12.3. The first-order chi connectivity index (χ1) is 8.11. The topological polar surface area (TPSA) is 63.8 Å². The second-order valence-electron chi connectivity index (χ2n) is 3.40. The van der Waals surface area contributed by atoms with Gasteiger partial charge in [0.25, 0.3) is 0 Å². The van der Waals surface area contributed by atoms with E-state index in [1.165, 1.54) is 0 Å². The molecule has 0 unspecified atom stereocenters. The van der Waals surface area contributed by atoms with Crippen molar-refractivity contribution >= 4 is 43.2 Å². The van der Waals surface area contributed by atoms with Crippen LogP contribution in [0.25, 0.3) is 11.1 Å². The van der Waals surface area contributed by atoms with Gasteiger partial charge in [-0.3, -0.25) is 0 Å². The lowest BCUT2D eigenvalue weighted by atomic mass is 10.1. The van der Waals surface area contributed by atoms with E-state index in [2.05, 4.69) is 47.1 Å². The van der Waals surface area contributed by atoms with E-state index < -0.39 is 0 Å². The highest BCUT2D eigenvalue weighted by Crippen LogP contribution is 2.33. The summed E-state index contributed by atoms with van der Waals surface area (Å²) in [5.74, 6) is 0. The molecule has 0 fully saturated rings. The van der Waals surface area contributed by atoms with Crippen LogP contribution in [0.15, 0.2) is 33.7 Å². The van der Waals surface area contributed by atoms with Crippen LogP contribution in [0.1, 0.15) is 0 Å². The predicted molar refractivity (Wildman–Crippen MR) is 76.8 cm³/mol. The summed E-state index contributed by atoms with van der Waals surface area (Å²) in [4.78, 5) is 8.39. The van der Waals surface area contributed by atoms with Crippen molar-refractivity contribution in [2.75, 3.05) is 18.1 Å². The lowest BCUT2D eigenvalue weighted by molar-refractivity contribution is 1.25. The molecule has 0 atom stereocenters. The molecule has 0 saturated carbocycles. The fourth-order valence-corrected chi connectivity index (χ4v) is 2.20. The minimum atomic E-state index is 0.660. The van der Waals surface area contributed by atoms with Crippen LogP contribution in [0.4, 0.5) is 11.4 Å². The van der Waals surface area contributed by atoms with Gasteiger partial charge in [-0.1, -0.05) is 0 Å². The molecule has 2 aromatic rings. The highest BCUT2D eigenvalue weighted by atomic mass is 79.9. The second-order valence-corrected chi connectivity index (χ2v) is 5.02. The van der Waals surface area contributed by atoms with Crippen LogP contribution in [0.3, 0.4) is 0 Å². The van der Waals surface area contributed by atoms with Gasteiger partial charge in [0.05, 0.1) is 0 Å². The van der Waals surface area contributed by atoms with Crippen molar-refractivity contribution in [3.63, 3.8) is 0 Å². The monoisotopic (exact) mass is 356 g/mol. The summed E-state index contributed by atoms with van der Waals surface area (Å²) in [6, 6.07) is 3.67. The smallest absolute Gasteiger partial charge is 0.108 e. The minimum Gasteiger partial charge on any atom is -0.398 e. The fraction of sp³-hybridized carbons (Fsp3) is 0.0909. The Morgan fingerprint density at radius 1 is 1.06 bits per heavy atom. The van der Waals surface area contributed by atoms with Crippen molar-refractivity contribution in [2.24, 2.45) is 0 Å². The maximum atomic E-state index is 5.98. The minimum absolute atomic E-state index is 0.660. The molecule has 0 amide bonds. The summed E-state index contributed by atoms with van der Waals surface area (Å²) in [6.07, 6.45) is 3.49. The fourth-order valence-electron chi connectivity index (χ4n) is 1.52. The molecule has 0 spiro atoms. The molecule has 4 nitrogen and oxygen atoms in total. The maximum absolute atomic E-state index is 5.98. The average Bonchev–Trinajstić information content (AvgIpc) is 2.30. The third kappa shape index (κ3) is 2.58. The number of pyridine rings is 2. The van der Waals surface area contributed by atoms with Gasteiger partial charge in [0.15, 0.2) is 0 Å². The van der Waals surface area contributed by atoms with Gasteiger partial charge in [-0.25, -0.2) is 9.97 Å². The van der Waals surface area contributed by atoms with E-state index >= 15 is 0 Å². The molecule has 0 aromatic carbocycles. The number of anilines is 2. The highest BCUT2D eigenvalue weighted by molar-refractivity contribution is 9.10. The van der Waals surface area contributed by atoms with Crippen molar-refractivity contribution in [3.05, 3.63) is 33.7 Å². The summed E-state index contributed by atoms with van der Waals surface area (Å²) in [7, 11) is 1.85. The van der Waals surface area contributed by atoms with Gasteiger partial charge in [-0.2, -0.15) is 0 Å². The summed E-state index contributed by atoms with van der Waals surface area (Å²) in [6.45, 7) is 0. The molecular weight excluding hydrogens is 348 g/mol. The van der Waals surface area contributed by atoms with Crippen LogP contribution in [0.5, 0.6) is 0 Å². The van der Waals surface area contributed by atoms with Gasteiger partial charge < -0.3 is 11.1 Å². The highest BCUT2D eigenvalue weighted by Gasteiger charge is 2.09. The molecule has 88 valence electrons. The third-order valence-corrected chi connectivity index (χ3v) is 3.20. The van der Waals surface area contributed by atoms with Crippen LogP contribution in [-0.4, -0.2) is 17.0 Å². The third-order valence-electron chi connectivity index (χ3n) is 2.33. The number of nitrogens with two attached hydrogens (primary N) is 1.